The fourth-order valence-corrected chi connectivity index (χ4v) is 4.11. The number of carbonyl (C=O) groups excluding carboxylic acids is 1. The topological polar surface area (TPSA) is 60.5 Å². The molecule has 0 bridgehead atoms. The first-order valence-electron chi connectivity index (χ1n) is 8.20. The van der Waals surface area contributed by atoms with Gasteiger partial charge in [-0.25, -0.2) is 4.79 Å². The van der Waals surface area contributed by atoms with Gasteiger partial charge in [-0.1, -0.05) is 0 Å². The van der Waals surface area contributed by atoms with Crippen molar-refractivity contribution in [1.29, 1.82) is 0 Å². The number of esters is 1. The third-order valence-corrected chi connectivity index (χ3v) is 5.42. The van der Waals surface area contributed by atoms with Gasteiger partial charge in [0.15, 0.2) is 0 Å². The van der Waals surface area contributed by atoms with Gasteiger partial charge in [-0.2, -0.15) is 0 Å². The molecule has 1 saturated carbocycles. The molecule has 0 radical (unpaired) electrons. The minimum atomic E-state index is -0.454. The predicted octanol–water partition coefficient (Wildman–Crippen LogP) is 2.78. The maximum Gasteiger partial charge on any atom is 0.332 e. The van der Waals surface area contributed by atoms with Crippen molar-refractivity contribution in [3.05, 3.63) is 28.5 Å². The second-order valence-electron chi connectivity index (χ2n) is 6.55. The Hall–Kier alpha value is -0.980. The standard InChI is InChI=1S/C17H23BrN2O3/c1-2-22-15(21)10-23-17(14-4-3-13(18)9-20-14)11-16(12-17)5-7-19-8-6-16/h3-4,9,19H,2,5-8,10-12H2,1H3. The molecule has 5 nitrogen and oxygen atoms in total. The van der Waals surface area contributed by atoms with Crippen LogP contribution in [0.4, 0.5) is 0 Å². The van der Waals surface area contributed by atoms with Crippen LogP contribution in [0.3, 0.4) is 0 Å². The smallest absolute Gasteiger partial charge is 0.332 e. The summed E-state index contributed by atoms with van der Waals surface area (Å²) in [6, 6.07) is 3.97. The highest BCUT2D eigenvalue weighted by atomic mass is 79.9. The predicted molar refractivity (Wildman–Crippen MR) is 90.0 cm³/mol. The summed E-state index contributed by atoms with van der Waals surface area (Å²) >= 11 is 3.42. The summed E-state index contributed by atoms with van der Waals surface area (Å²) in [5, 5.41) is 3.41. The van der Waals surface area contributed by atoms with Gasteiger partial charge in [-0.15, -0.1) is 0 Å². The van der Waals surface area contributed by atoms with Crippen LogP contribution < -0.4 is 5.32 Å². The van der Waals surface area contributed by atoms with Crippen molar-refractivity contribution in [2.75, 3.05) is 26.3 Å². The van der Waals surface area contributed by atoms with E-state index in [0.29, 0.717) is 12.0 Å². The fraction of sp³-hybridized carbons (Fsp3) is 0.647. The molecule has 1 aliphatic heterocycles. The van der Waals surface area contributed by atoms with E-state index in [1.807, 2.05) is 12.1 Å². The average molecular weight is 383 g/mol. The van der Waals surface area contributed by atoms with Gasteiger partial charge in [0.1, 0.15) is 12.2 Å². The molecule has 2 heterocycles. The third-order valence-electron chi connectivity index (χ3n) is 4.95. The maximum absolute atomic E-state index is 11.7. The van der Waals surface area contributed by atoms with Crippen LogP contribution in [-0.4, -0.2) is 37.3 Å². The number of ether oxygens (including phenoxy) is 2. The van der Waals surface area contributed by atoms with Gasteiger partial charge in [0.05, 0.1) is 12.3 Å². The van der Waals surface area contributed by atoms with E-state index < -0.39 is 5.60 Å². The van der Waals surface area contributed by atoms with E-state index in [4.69, 9.17) is 9.47 Å². The average Bonchev–Trinajstić information content (AvgIpc) is 2.53. The zero-order chi connectivity index (χ0) is 16.3. The molecule has 23 heavy (non-hydrogen) atoms. The van der Waals surface area contributed by atoms with Gasteiger partial charge in [-0.3, -0.25) is 4.98 Å². The van der Waals surface area contributed by atoms with Crippen LogP contribution in [0.1, 0.15) is 38.3 Å². The zero-order valence-electron chi connectivity index (χ0n) is 13.4. The molecule has 3 rings (SSSR count). The molecule has 1 N–H and O–H groups in total. The number of nitrogens with one attached hydrogen (secondary N) is 1. The summed E-state index contributed by atoms with van der Waals surface area (Å²) in [6.07, 6.45) is 5.96. The maximum atomic E-state index is 11.7. The molecule has 0 unspecified atom stereocenters. The Morgan fingerprint density at radius 3 is 2.70 bits per heavy atom. The first kappa shape index (κ1) is 16.9. The van der Waals surface area contributed by atoms with Gasteiger partial charge in [0, 0.05) is 10.7 Å². The Morgan fingerprint density at radius 1 is 1.35 bits per heavy atom. The van der Waals surface area contributed by atoms with Gasteiger partial charge < -0.3 is 14.8 Å². The van der Waals surface area contributed by atoms with Crippen LogP contribution in [-0.2, 0) is 19.9 Å². The summed E-state index contributed by atoms with van der Waals surface area (Å²) < 4.78 is 12.0. The van der Waals surface area contributed by atoms with Crippen LogP contribution in [0.2, 0.25) is 0 Å². The molecule has 1 aromatic heterocycles. The summed E-state index contributed by atoms with van der Waals surface area (Å²) in [6.45, 7) is 4.28. The Bertz CT molecular complexity index is 547. The molecule has 1 saturated heterocycles. The number of aromatic nitrogens is 1. The Kier molecular flexibility index (Phi) is 5.04. The number of pyridine rings is 1. The van der Waals surface area contributed by atoms with E-state index >= 15 is 0 Å². The Labute approximate surface area is 145 Å². The number of hydrogen-bond donors (Lipinski definition) is 1. The quantitative estimate of drug-likeness (QED) is 0.793. The molecule has 1 aliphatic carbocycles. The normalized spacial score (nSPS) is 21.7. The summed E-state index contributed by atoms with van der Waals surface area (Å²) in [4.78, 5) is 16.2. The van der Waals surface area contributed by atoms with E-state index in [0.717, 1.165) is 48.9 Å². The molecule has 2 aliphatic rings. The SMILES string of the molecule is CCOC(=O)COC1(c2ccc(Br)cn2)CC2(CCNCC2)C1. The number of rotatable bonds is 5. The number of hydrogen-bond acceptors (Lipinski definition) is 5. The van der Waals surface area contributed by atoms with Gasteiger partial charge in [-0.05, 0) is 79.2 Å². The van der Waals surface area contributed by atoms with E-state index in [9.17, 15) is 4.79 Å². The molecule has 2 fully saturated rings. The monoisotopic (exact) mass is 382 g/mol. The van der Waals surface area contributed by atoms with E-state index in [1.54, 1.807) is 13.1 Å². The van der Waals surface area contributed by atoms with Crippen LogP contribution >= 0.6 is 15.9 Å². The van der Waals surface area contributed by atoms with Gasteiger partial charge in [0.2, 0.25) is 0 Å². The summed E-state index contributed by atoms with van der Waals surface area (Å²) in [5.74, 6) is -0.310. The molecule has 0 aromatic carbocycles. The molecule has 0 atom stereocenters. The highest BCUT2D eigenvalue weighted by Gasteiger charge is 2.57. The highest BCUT2D eigenvalue weighted by molar-refractivity contribution is 9.10. The van der Waals surface area contributed by atoms with E-state index in [2.05, 4.69) is 26.2 Å². The number of nitrogens with zero attached hydrogens (tertiary/aromatic N) is 1. The number of piperidine rings is 1. The van der Waals surface area contributed by atoms with Crippen molar-refractivity contribution in [2.45, 2.75) is 38.2 Å². The fourth-order valence-electron chi connectivity index (χ4n) is 3.87. The van der Waals surface area contributed by atoms with Crippen molar-refractivity contribution in [1.82, 2.24) is 10.3 Å². The molecule has 1 spiro atoms. The zero-order valence-corrected chi connectivity index (χ0v) is 15.0. The van der Waals surface area contributed by atoms with Crippen LogP contribution in [0.5, 0.6) is 0 Å². The van der Waals surface area contributed by atoms with E-state index in [-0.39, 0.29) is 12.6 Å². The minimum absolute atomic E-state index is 0.0140. The van der Waals surface area contributed by atoms with Crippen molar-refractivity contribution < 1.29 is 14.3 Å². The van der Waals surface area contributed by atoms with Gasteiger partial charge >= 0.3 is 5.97 Å². The van der Waals surface area contributed by atoms with Crippen LogP contribution in [0, 0.1) is 5.41 Å². The molecule has 1 aromatic rings. The van der Waals surface area contributed by atoms with E-state index in [1.165, 1.54) is 0 Å². The largest absolute Gasteiger partial charge is 0.464 e. The van der Waals surface area contributed by atoms with Crippen molar-refractivity contribution >= 4 is 21.9 Å². The first-order chi connectivity index (χ1) is 11.1. The minimum Gasteiger partial charge on any atom is -0.464 e. The van der Waals surface area contributed by atoms with Crippen molar-refractivity contribution in [2.24, 2.45) is 5.41 Å². The van der Waals surface area contributed by atoms with Crippen molar-refractivity contribution in [3.63, 3.8) is 0 Å². The van der Waals surface area contributed by atoms with Crippen LogP contribution in [0.25, 0.3) is 0 Å². The second-order valence-corrected chi connectivity index (χ2v) is 7.47. The van der Waals surface area contributed by atoms with Gasteiger partial charge in [0.25, 0.3) is 0 Å². The van der Waals surface area contributed by atoms with Crippen LogP contribution in [0.15, 0.2) is 22.8 Å². The lowest BCUT2D eigenvalue weighted by Gasteiger charge is -2.57. The molecule has 0 amide bonds. The summed E-state index contributed by atoms with van der Waals surface area (Å²) in [7, 11) is 0. The molecule has 6 heteroatoms. The Balaban J connectivity index is 1.74. The molecule has 126 valence electrons. The second kappa shape index (κ2) is 6.87. The molecular weight excluding hydrogens is 360 g/mol. The lowest BCUT2D eigenvalue weighted by Crippen LogP contribution is -2.55. The molecular formula is C17H23BrN2O3. The first-order valence-corrected chi connectivity index (χ1v) is 8.99. The number of halogens is 1. The lowest BCUT2D eigenvalue weighted by molar-refractivity contribution is -0.198. The Morgan fingerprint density at radius 2 is 2.09 bits per heavy atom. The summed E-state index contributed by atoms with van der Waals surface area (Å²) in [5.41, 5.74) is 0.786. The number of carbonyl (C=O) groups is 1. The lowest BCUT2D eigenvalue weighted by atomic mass is 9.54. The third kappa shape index (κ3) is 3.59. The highest BCUT2D eigenvalue weighted by Crippen LogP contribution is 2.60. The van der Waals surface area contributed by atoms with Crippen molar-refractivity contribution in [3.8, 4) is 0 Å².